The van der Waals surface area contributed by atoms with Crippen molar-refractivity contribution in [3.63, 3.8) is 0 Å². The molecule has 150 valence electrons. The Morgan fingerprint density at radius 1 is 1.21 bits per heavy atom. The van der Waals surface area contributed by atoms with Gasteiger partial charge < -0.3 is 10.4 Å². The van der Waals surface area contributed by atoms with Crippen LogP contribution in [0, 0.1) is 5.82 Å². The molecule has 8 heteroatoms. The van der Waals surface area contributed by atoms with Crippen LogP contribution in [-0.4, -0.2) is 45.3 Å². The molecule has 1 aliphatic rings. The normalized spacial score (nSPS) is 16.3. The highest BCUT2D eigenvalue weighted by Gasteiger charge is 2.33. The Morgan fingerprint density at radius 3 is 2.55 bits per heavy atom. The summed E-state index contributed by atoms with van der Waals surface area (Å²) < 4.78 is 13.3. The second-order valence-electron chi connectivity index (χ2n) is 6.46. The molecule has 0 spiro atoms. The summed E-state index contributed by atoms with van der Waals surface area (Å²) in [5.41, 5.74) is 1.65. The first kappa shape index (κ1) is 21.2. The van der Waals surface area contributed by atoms with Gasteiger partial charge in [-0.3, -0.25) is 14.5 Å². The maximum absolute atomic E-state index is 13.0. The van der Waals surface area contributed by atoms with Crippen LogP contribution >= 0.6 is 24.0 Å². The van der Waals surface area contributed by atoms with Crippen molar-refractivity contribution >= 4 is 46.2 Å². The Balaban J connectivity index is 1.61. The highest BCUT2D eigenvalue weighted by Crippen LogP contribution is 2.32. The number of carbonyl (C=O) groups is 2. The van der Waals surface area contributed by atoms with E-state index in [1.54, 1.807) is 18.2 Å². The number of thiocarbonyl (C=S) groups is 1. The van der Waals surface area contributed by atoms with Crippen molar-refractivity contribution in [1.29, 1.82) is 0 Å². The van der Waals surface area contributed by atoms with Gasteiger partial charge in [0.2, 0.25) is 5.91 Å². The van der Waals surface area contributed by atoms with Crippen molar-refractivity contribution in [2.75, 3.05) is 13.2 Å². The third-order valence-electron chi connectivity index (χ3n) is 4.25. The molecule has 3 rings (SSSR count). The molecule has 2 aromatic rings. The monoisotopic (exact) mass is 430 g/mol. The second-order valence-corrected chi connectivity index (χ2v) is 8.13. The number of aliphatic hydroxyl groups is 1. The van der Waals surface area contributed by atoms with Crippen LogP contribution in [0.5, 0.6) is 0 Å². The van der Waals surface area contributed by atoms with Gasteiger partial charge in [-0.25, -0.2) is 4.39 Å². The molecule has 0 radical (unpaired) electrons. The maximum Gasteiger partial charge on any atom is 0.266 e. The van der Waals surface area contributed by atoms with E-state index in [0.717, 1.165) is 17.3 Å². The topological polar surface area (TPSA) is 69.6 Å². The zero-order valence-corrected chi connectivity index (χ0v) is 17.0. The van der Waals surface area contributed by atoms with Crippen LogP contribution in [0.15, 0.2) is 59.5 Å². The summed E-state index contributed by atoms with van der Waals surface area (Å²) in [5.74, 6) is -1.14. The van der Waals surface area contributed by atoms with Crippen LogP contribution < -0.4 is 5.32 Å². The minimum absolute atomic E-state index is 0.219. The molecule has 1 heterocycles. The molecular formula is C21H19FN2O3S2. The van der Waals surface area contributed by atoms with Gasteiger partial charge in [0, 0.05) is 0 Å². The van der Waals surface area contributed by atoms with Gasteiger partial charge >= 0.3 is 0 Å². The molecule has 2 N–H and O–H groups in total. The van der Waals surface area contributed by atoms with E-state index in [1.165, 1.54) is 17.0 Å². The molecule has 1 atom stereocenters. The third kappa shape index (κ3) is 5.72. The molecule has 2 aromatic carbocycles. The summed E-state index contributed by atoms with van der Waals surface area (Å²) in [7, 11) is 0. The summed E-state index contributed by atoms with van der Waals surface area (Å²) in [5, 5.41) is 12.3. The smallest absolute Gasteiger partial charge is 0.266 e. The number of benzene rings is 2. The van der Waals surface area contributed by atoms with E-state index >= 15 is 0 Å². The molecule has 0 saturated carbocycles. The SMILES string of the molecule is O=C(CN1C(=O)/C(=C/c2ccc(F)cc2)SC1=S)N[C@@H](CO)Cc1ccccc1. The number of amides is 2. The number of thioether (sulfide) groups is 1. The van der Waals surface area contributed by atoms with E-state index in [-0.39, 0.29) is 29.2 Å². The van der Waals surface area contributed by atoms with Crippen LogP contribution in [0.4, 0.5) is 4.39 Å². The van der Waals surface area contributed by atoms with Crippen molar-refractivity contribution in [3.05, 3.63) is 76.4 Å². The lowest BCUT2D eigenvalue weighted by Crippen LogP contribution is -2.45. The molecule has 1 saturated heterocycles. The van der Waals surface area contributed by atoms with E-state index in [4.69, 9.17) is 12.2 Å². The second kappa shape index (κ2) is 9.78. The Hall–Kier alpha value is -2.55. The number of rotatable bonds is 7. The van der Waals surface area contributed by atoms with E-state index in [2.05, 4.69) is 5.32 Å². The van der Waals surface area contributed by atoms with Crippen LogP contribution in [0.3, 0.4) is 0 Å². The molecule has 29 heavy (non-hydrogen) atoms. The molecule has 0 aliphatic carbocycles. The number of aliphatic hydroxyl groups excluding tert-OH is 1. The largest absolute Gasteiger partial charge is 0.394 e. The molecule has 1 aliphatic heterocycles. The summed E-state index contributed by atoms with van der Waals surface area (Å²) in [6.45, 7) is -0.444. The van der Waals surface area contributed by atoms with E-state index < -0.39 is 11.9 Å². The van der Waals surface area contributed by atoms with Gasteiger partial charge in [-0.1, -0.05) is 66.4 Å². The van der Waals surface area contributed by atoms with Gasteiger partial charge in [-0.15, -0.1) is 0 Å². The van der Waals surface area contributed by atoms with E-state index in [1.807, 2.05) is 30.3 Å². The van der Waals surface area contributed by atoms with E-state index in [9.17, 15) is 19.1 Å². The van der Waals surface area contributed by atoms with Gasteiger partial charge in [0.15, 0.2) is 0 Å². The fourth-order valence-electron chi connectivity index (χ4n) is 2.82. The molecule has 0 unspecified atom stereocenters. The van der Waals surface area contributed by atoms with Gasteiger partial charge in [0.1, 0.15) is 16.7 Å². The van der Waals surface area contributed by atoms with Crippen molar-refractivity contribution in [3.8, 4) is 0 Å². The van der Waals surface area contributed by atoms with Crippen LogP contribution in [0.1, 0.15) is 11.1 Å². The number of hydrogen-bond acceptors (Lipinski definition) is 5. The molecule has 1 fully saturated rings. The fraction of sp³-hybridized carbons (Fsp3) is 0.190. The lowest BCUT2D eigenvalue weighted by atomic mass is 10.1. The van der Waals surface area contributed by atoms with Gasteiger partial charge in [-0.2, -0.15) is 0 Å². The standard InChI is InChI=1S/C21H19FN2O3S2/c22-16-8-6-15(7-9-16)11-18-20(27)24(21(28)29-18)12-19(26)23-17(13-25)10-14-4-2-1-3-5-14/h1-9,11,17,25H,10,12-13H2,(H,23,26)/b18-11-/t17-/m1/s1. The van der Waals surface area contributed by atoms with E-state index in [0.29, 0.717) is 16.9 Å². The Bertz CT molecular complexity index is 933. The average molecular weight is 431 g/mol. The number of nitrogens with zero attached hydrogens (tertiary/aromatic N) is 1. The zero-order chi connectivity index (χ0) is 20.8. The van der Waals surface area contributed by atoms with Crippen molar-refractivity contribution in [2.45, 2.75) is 12.5 Å². The van der Waals surface area contributed by atoms with Gasteiger partial charge in [-0.05, 0) is 35.8 Å². The molecule has 0 bridgehead atoms. The summed E-state index contributed by atoms with van der Waals surface area (Å²) >= 11 is 6.33. The van der Waals surface area contributed by atoms with Crippen molar-refractivity contribution in [2.24, 2.45) is 0 Å². The van der Waals surface area contributed by atoms with Crippen molar-refractivity contribution < 1.29 is 19.1 Å². The lowest BCUT2D eigenvalue weighted by molar-refractivity contribution is -0.129. The quantitative estimate of drug-likeness (QED) is 0.522. The minimum Gasteiger partial charge on any atom is -0.394 e. The van der Waals surface area contributed by atoms with Crippen LogP contribution in [0.2, 0.25) is 0 Å². The lowest BCUT2D eigenvalue weighted by Gasteiger charge is -2.19. The Labute approximate surface area is 177 Å². The molecule has 0 aromatic heterocycles. The van der Waals surface area contributed by atoms with Gasteiger partial charge in [0.05, 0.1) is 17.6 Å². The first-order valence-electron chi connectivity index (χ1n) is 8.91. The third-order valence-corrected chi connectivity index (χ3v) is 5.63. The minimum atomic E-state index is -0.460. The predicted octanol–water partition coefficient (Wildman–Crippen LogP) is 2.75. The molecule has 2 amide bonds. The number of halogens is 1. The number of nitrogens with one attached hydrogen (secondary N) is 1. The Kier molecular flexibility index (Phi) is 7.13. The highest BCUT2D eigenvalue weighted by molar-refractivity contribution is 8.26. The van der Waals surface area contributed by atoms with Crippen molar-refractivity contribution in [1.82, 2.24) is 10.2 Å². The van der Waals surface area contributed by atoms with Gasteiger partial charge in [0.25, 0.3) is 5.91 Å². The van der Waals surface area contributed by atoms with Crippen LogP contribution in [0.25, 0.3) is 6.08 Å². The number of hydrogen-bond donors (Lipinski definition) is 2. The first-order valence-corrected chi connectivity index (χ1v) is 10.1. The summed E-state index contributed by atoms with van der Waals surface area (Å²) in [6.07, 6.45) is 2.09. The summed E-state index contributed by atoms with van der Waals surface area (Å²) in [4.78, 5) is 26.6. The molecular weight excluding hydrogens is 411 g/mol. The maximum atomic E-state index is 13.0. The predicted molar refractivity (Wildman–Crippen MR) is 115 cm³/mol. The first-order chi connectivity index (χ1) is 14.0. The molecule has 5 nitrogen and oxygen atoms in total. The number of carbonyl (C=O) groups excluding carboxylic acids is 2. The van der Waals surface area contributed by atoms with Crippen LogP contribution in [-0.2, 0) is 16.0 Å². The zero-order valence-electron chi connectivity index (χ0n) is 15.4. The average Bonchev–Trinajstić information content (AvgIpc) is 2.97. The highest BCUT2D eigenvalue weighted by atomic mass is 32.2. The summed E-state index contributed by atoms with van der Waals surface area (Å²) in [6, 6.07) is 14.8. The fourth-order valence-corrected chi connectivity index (χ4v) is 4.08. The Morgan fingerprint density at radius 2 is 1.90 bits per heavy atom.